The van der Waals surface area contributed by atoms with Gasteiger partial charge in [-0.05, 0) is 26.0 Å². The van der Waals surface area contributed by atoms with Crippen molar-refractivity contribution in [2.24, 2.45) is 4.99 Å². The van der Waals surface area contributed by atoms with E-state index < -0.39 is 17.7 Å². The zero-order valence-corrected chi connectivity index (χ0v) is 16.3. The van der Waals surface area contributed by atoms with Gasteiger partial charge in [-0.2, -0.15) is 13.2 Å². The molecule has 0 fully saturated rings. The normalized spacial score (nSPS) is 13.3. The van der Waals surface area contributed by atoms with Gasteiger partial charge in [0.2, 0.25) is 0 Å². The van der Waals surface area contributed by atoms with E-state index in [-0.39, 0.29) is 18.4 Å². The summed E-state index contributed by atoms with van der Waals surface area (Å²) in [6, 6.07) is 6.13. The lowest BCUT2D eigenvalue weighted by molar-refractivity contribution is -0.140. The van der Waals surface area contributed by atoms with Crippen LogP contribution in [0.3, 0.4) is 0 Å². The fourth-order valence-corrected chi connectivity index (χ4v) is 3.00. The quantitative estimate of drug-likeness (QED) is 0.388. The molecule has 1 heterocycles. The van der Waals surface area contributed by atoms with Crippen molar-refractivity contribution in [3.63, 3.8) is 0 Å². The van der Waals surface area contributed by atoms with Gasteiger partial charge >= 0.3 is 6.18 Å². The maximum atomic E-state index is 13.6. The van der Waals surface area contributed by atoms with E-state index in [1.54, 1.807) is 25.1 Å². The van der Waals surface area contributed by atoms with E-state index in [4.69, 9.17) is 4.74 Å². The number of rotatable bonds is 8. The predicted octanol–water partition coefficient (Wildman–Crippen LogP) is 3.87. The molecule has 0 saturated heterocycles. The minimum atomic E-state index is -4.42. The Kier molecular flexibility index (Phi) is 8.04. The Labute approximate surface area is 164 Å². The Bertz CT molecular complexity index is 779. The van der Waals surface area contributed by atoms with Crippen LogP contribution in [0.4, 0.5) is 17.6 Å². The number of nitrogens with one attached hydrogen (secondary N) is 2. The van der Waals surface area contributed by atoms with E-state index in [9.17, 15) is 17.6 Å². The number of guanidine groups is 1. The molecular formula is C18H22F4N4OS. The zero-order valence-electron chi connectivity index (χ0n) is 15.5. The molecule has 28 heavy (non-hydrogen) atoms. The highest BCUT2D eigenvalue weighted by atomic mass is 32.1. The minimum absolute atomic E-state index is 0.160. The number of aromatic nitrogens is 1. The number of ether oxygens (including phenoxy) is 1. The van der Waals surface area contributed by atoms with Crippen LogP contribution in [0.25, 0.3) is 0 Å². The Morgan fingerprint density at radius 3 is 2.68 bits per heavy atom. The molecule has 2 N–H and O–H groups in total. The molecule has 0 bridgehead atoms. The van der Waals surface area contributed by atoms with Gasteiger partial charge in [-0.1, -0.05) is 12.1 Å². The topological polar surface area (TPSA) is 58.5 Å². The van der Waals surface area contributed by atoms with Gasteiger partial charge < -0.3 is 15.4 Å². The second-order valence-electron chi connectivity index (χ2n) is 5.88. The number of hydrogen-bond donors (Lipinski definition) is 2. The van der Waals surface area contributed by atoms with Crippen LogP contribution in [0.5, 0.6) is 5.75 Å². The molecule has 5 nitrogen and oxygen atoms in total. The third-order valence-corrected chi connectivity index (χ3v) is 4.40. The van der Waals surface area contributed by atoms with Gasteiger partial charge in [-0.3, -0.25) is 0 Å². The van der Waals surface area contributed by atoms with Crippen LogP contribution in [0.1, 0.15) is 24.5 Å². The largest absolute Gasteiger partial charge is 0.486 e. The Morgan fingerprint density at radius 1 is 1.29 bits per heavy atom. The van der Waals surface area contributed by atoms with Crippen molar-refractivity contribution >= 4 is 17.3 Å². The highest BCUT2D eigenvalue weighted by Gasteiger charge is 2.33. The van der Waals surface area contributed by atoms with Crippen LogP contribution in [-0.4, -0.2) is 36.7 Å². The number of nitrogens with zero attached hydrogens (tertiary/aromatic N) is 2. The summed E-state index contributed by atoms with van der Waals surface area (Å²) in [5, 5.41) is 7.49. The van der Waals surface area contributed by atoms with E-state index in [2.05, 4.69) is 20.6 Å². The summed E-state index contributed by atoms with van der Waals surface area (Å²) in [4.78, 5) is 7.96. The van der Waals surface area contributed by atoms with Gasteiger partial charge in [0, 0.05) is 24.9 Å². The van der Waals surface area contributed by atoms with Gasteiger partial charge in [-0.15, -0.1) is 11.3 Å². The Hall–Kier alpha value is -2.36. The van der Waals surface area contributed by atoms with Crippen LogP contribution in [0.15, 0.2) is 34.6 Å². The monoisotopic (exact) mass is 418 g/mol. The first-order chi connectivity index (χ1) is 13.3. The zero-order chi connectivity index (χ0) is 20.6. The van der Waals surface area contributed by atoms with Gasteiger partial charge in [-0.25, -0.2) is 14.4 Å². The third-order valence-electron chi connectivity index (χ3n) is 3.49. The molecule has 0 saturated carbocycles. The standard InChI is InChI=1S/C18H22F4N4OS/c1-3-23-17(24-9-8-16-26-15(11-28-16)18(20,21)22)25-10-12(2)27-14-7-5-4-6-13(14)19/h4-7,11-12H,3,8-10H2,1-2H3,(H2,23,24,25). The maximum absolute atomic E-state index is 13.6. The van der Waals surface area contributed by atoms with Crippen molar-refractivity contribution in [2.75, 3.05) is 19.6 Å². The van der Waals surface area contributed by atoms with E-state index in [1.165, 1.54) is 6.07 Å². The van der Waals surface area contributed by atoms with Crippen molar-refractivity contribution in [1.29, 1.82) is 0 Å². The first-order valence-electron chi connectivity index (χ1n) is 8.74. The van der Waals surface area contributed by atoms with Crippen LogP contribution >= 0.6 is 11.3 Å². The summed E-state index contributed by atoms with van der Waals surface area (Å²) in [5.41, 5.74) is -0.868. The highest BCUT2D eigenvalue weighted by Crippen LogP contribution is 2.30. The van der Waals surface area contributed by atoms with E-state index >= 15 is 0 Å². The number of hydrogen-bond acceptors (Lipinski definition) is 4. The van der Waals surface area contributed by atoms with E-state index in [1.807, 2.05) is 6.92 Å². The van der Waals surface area contributed by atoms with E-state index in [0.29, 0.717) is 30.5 Å². The molecule has 2 aromatic rings. The van der Waals surface area contributed by atoms with E-state index in [0.717, 1.165) is 16.7 Å². The second-order valence-corrected chi connectivity index (χ2v) is 6.82. The summed E-state index contributed by atoms with van der Waals surface area (Å²) in [6.07, 6.45) is -4.44. The fourth-order valence-electron chi connectivity index (χ4n) is 2.20. The van der Waals surface area contributed by atoms with Crippen LogP contribution in [0, 0.1) is 5.82 Å². The molecule has 1 aromatic heterocycles. The molecule has 0 amide bonds. The molecule has 10 heteroatoms. The molecule has 1 atom stereocenters. The number of halogens is 4. The van der Waals surface area contributed by atoms with Crippen molar-refractivity contribution in [1.82, 2.24) is 15.6 Å². The van der Waals surface area contributed by atoms with Crippen molar-refractivity contribution < 1.29 is 22.3 Å². The van der Waals surface area contributed by atoms with Gasteiger partial charge in [0.25, 0.3) is 0 Å². The molecular weight excluding hydrogens is 396 g/mol. The summed E-state index contributed by atoms with van der Waals surface area (Å²) >= 11 is 0.975. The van der Waals surface area contributed by atoms with Gasteiger partial charge in [0.1, 0.15) is 6.10 Å². The molecule has 1 aromatic carbocycles. The maximum Gasteiger partial charge on any atom is 0.434 e. The van der Waals surface area contributed by atoms with Gasteiger partial charge in [0.15, 0.2) is 23.2 Å². The Balaban J connectivity index is 1.84. The average molecular weight is 418 g/mol. The van der Waals surface area contributed by atoms with Gasteiger partial charge in [0.05, 0.1) is 11.6 Å². The molecule has 1 unspecified atom stereocenters. The minimum Gasteiger partial charge on any atom is -0.486 e. The summed E-state index contributed by atoms with van der Waals surface area (Å²) < 4.78 is 56.9. The summed E-state index contributed by atoms with van der Waals surface area (Å²) in [6.45, 7) is 4.93. The number of benzene rings is 1. The van der Waals surface area contributed by atoms with Crippen molar-refractivity contribution in [2.45, 2.75) is 32.5 Å². The summed E-state index contributed by atoms with van der Waals surface area (Å²) in [5.74, 6) is 0.219. The molecule has 2 rings (SSSR count). The third kappa shape index (κ3) is 6.99. The highest BCUT2D eigenvalue weighted by molar-refractivity contribution is 7.09. The molecule has 0 spiro atoms. The molecule has 154 valence electrons. The molecule has 0 radical (unpaired) electrons. The van der Waals surface area contributed by atoms with Crippen LogP contribution < -0.4 is 15.4 Å². The SMILES string of the molecule is CCNC(=NCC(C)Oc1ccccc1F)NCCc1nc(C(F)(F)F)cs1. The lowest BCUT2D eigenvalue weighted by atomic mass is 10.3. The first-order valence-corrected chi connectivity index (χ1v) is 9.62. The van der Waals surface area contributed by atoms with Crippen LogP contribution in [0.2, 0.25) is 0 Å². The smallest absolute Gasteiger partial charge is 0.434 e. The average Bonchev–Trinajstić information content (AvgIpc) is 3.11. The summed E-state index contributed by atoms with van der Waals surface area (Å²) in [7, 11) is 0. The van der Waals surface area contributed by atoms with Crippen LogP contribution in [-0.2, 0) is 12.6 Å². The number of aliphatic imine (C=N–C) groups is 1. The Morgan fingerprint density at radius 2 is 2.04 bits per heavy atom. The second kappa shape index (κ2) is 10.3. The number of thiazole rings is 1. The van der Waals surface area contributed by atoms with Crippen molar-refractivity contribution in [3.05, 3.63) is 46.2 Å². The lowest BCUT2D eigenvalue weighted by Gasteiger charge is -2.15. The number of para-hydroxylation sites is 1. The molecule has 0 aliphatic carbocycles. The number of alkyl halides is 3. The molecule has 0 aliphatic heterocycles. The fraction of sp³-hybridized carbons (Fsp3) is 0.444. The first kappa shape index (κ1) is 21.9. The van der Waals surface area contributed by atoms with Crippen molar-refractivity contribution in [3.8, 4) is 5.75 Å². The predicted molar refractivity (Wildman–Crippen MR) is 101 cm³/mol. The molecule has 0 aliphatic rings. The lowest BCUT2D eigenvalue weighted by Crippen LogP contribution is -2.39.